The van der Waals surface area contributed by atoms with E-state index in [-0.39, 0.29) is 39.6 Å². The third-order valence-corrected chi connectivity index (χ3v) is 15.8. The Morgan fingerprint density at radius 3 is 2.04 bits per heavy atom. The van der Waals surface area contributed by atoms with E-state index in [9.17, 15) is 29.1 Å². The molecule has 6 rings (SSSR count). The molecule has 5 fully saturated rings. The first-order valence-electron chi connectivity index (χ1n) is 20.8. The zero-order chi connectivity index (χ0) is 40.5. The Morgan fingerprint density at radius 2 is 1.40 bits per heavy atom. The highest BCUT2D eigenvalue weighted by Gasteiger charge is 2.65. The predicted molar refractivity (Wildman–Crippen MR) is 202 cm³/mol. The summed E-state index contributed by atoms with van der Waals surface area (Å²) in [5.74, 6) is -0.735. The number of aliphatic hydroxyl groups is 1. The largest absolute Gasteiger partial charge is 0.463 e. The Bertz CT molecular complexity index is 1580. The molecule has 0 amide bonds. The quantitative estimate of drug-likeness (QED) is 0.157. The van der Waals surface area contributed by atoms with Crippen LogP contribution in [0.5, 0.6) is 0 Å². The summed E-state index contributed by atoms with van der Waals surface area (Å²) in [5, 5.41) is 12.4. The van der Waals surface area contributed by atoms with E-state index in [1.54, 1.807) is 0 Å². The highest BCUT2D eigenvalue weighted by molar-refractivity contribution is 5.85. The fraction of sp³-hybridized carbons (Fsp3) is 0.841. The second-order valence-electron chi connectivity index (χ2n) is 20.1. The van der Waals surface area contributed by atoms with Gasteiger partial charge in [-0.3, -0.25) is 24.0 Å². The van der Waals surface area contributed by atoms with E-state index < -0.39 is 60.5 Å². The summed E-state index contributed by atoms with van der Waals surface area (Å²) in [6.45, 7) is 18.6. The Morgan fingerprint density at radius 1 is 0.764 bits per heavy atom. The van der Waals surface area contributed by atoms with Crippen molar-refractivity contribution in [3.63, 3.8) is 0 Å². The van der Waals surface area contributed by atoms with Crippen molar-refractivity contribution in [1.29, 1.82) is 0 Å². The maximum Gasteiger partial charge on any atom is 0.303 e. The lowest BCUT2D eigenvalue weighted by Gasteiger charge is -2.67. The second kappa shape index (κ2) is 14.9. The molecular formula is C44H66O11. The summed E-state index contributed by atoms with van der Waals surface area (Å²) in [7, 11) is 0. The van der Waals surface area contributed by atoms with E-state index in [1.165, 1.54) is 33.3 Å². The number of ether oxygens (including phenoxy) is 5. The van der Waals surface area contributed by atoms with Crippen LogP contribution in [0.4, 0.5) is 0 Å². The van der Waals surface area contributed by atoms with Crippen LogP contribution in [0.15, 0.2) is 11.6 Å². The number of carbonyl (C=O) groups excluding carboxylic acids is 5. The lowest BCUT2D eigenvalue weighted by Crippen LogP contribution is -2.65. The lowest BCUT2D eigenvalue weighted by molar-refractivity contribution is -0.269. The van der Waals surface area contributed by atoms with Crippen LogP contribution in [0.25, 0.3) is 0 Å². The molecule has 1 aliphatic heterocycles. The molecule has 0 spiro atoms. The van der Waals surface area contributed by atoms with Gasteiger partial charge in [0, 0.05) is 39.5 Å². The number of allylic oxidation sites excluding steroid dienone is 2. The van der Waals surface area contributed by atoms with Crippen molar-refractivity contribution >= 4 is 29.7 Å². The number of fused-ring (bicyclic) bond motifs is 7. The van der Waals surface area contributed by atoms with E-state index in [2.05, 4.69) is 47.6 Å². The number of hydrogen-bond donors (Lipinski definition) is 1. The average Bonchev–Trinajstić information content (AvgIpc) is 3.06. The van der Waals surface area contributed by atoms with Gasteiger partial charge in [-0.15, -0.1) is 0 Å². The maximum absolute atomic E-state index is 13.2. The Kier molecular flexibility index (Phi) is 11.3. The normalized spacial score (nSPS) is 42.1. The Hall–Kier alpha value is -2.79. The molecule has 4 saturated carbocycles. The van der Waals surface area contributed by atoms with Crippen molar-refractivity contribution in [3.8, 4) is 0 Å². The Balaban J connectivity index is 1.34. The van der Waals surface area contributed by atoms with E-state index in [4.69, 9.17) is 23.7 Å². The molecule has 11 nitrogen and oxygen atoms in total. The van der Waals surface area contributed by atoms with Crippen LogP contribution in [0.3, 0.4) is 0 Å². The highest BCUT2D eigenvalue weighted by Crippen LogP contribution is 2.72. The number of esters is 4. The molecule has 5 aliphatic carbocycles. The summed E-state index contributed by atoms with van der Waals surface area (Å²) in [5.41, 5.74) is 1.26. The van der Waals surface area contributed by atoms with Crippen molar-refractivity contribution < 1.29 is 52.8 Å². The molecule has 0 aromatic rings. The predicted octanol–water partition coefficient (Wildman–Crippen LogP) is 6.84. The fourth-order valence-corrected chi connectivity index (χ4v) is 13.3. The summed E-state index contributed by atoms with van der Waals surface area (Å²) in [6.07, 6.45) is 5.21. The van der Waals surface area contributed by atoms with Crippen molar-refractivity contribution in [2.45, 2.75) is 176 Å². The SMILES string of the molecule is CC(=O)OCC1O[C@@H]([C@H](O)C[C@@]23CCC4C(=CCC5[C@@]4(C)CCC4C(C)(C)C(=O)CC[C@@]45C)C2CC(C)(C)CC3)C(OC(C)=O)C(OC(C)=O)[C@H]1OC(C)=O. The maximum atomic E-state index is 13.2. The molecule has 1 heterocycles. The van der Waals surface area contributed by atoms with Gasteiger partial charge in [-0.05, 0) is 110 Å². The Labute approximate surface area is 327 Å². The van der Waals surface area contributed by atoms with Crippen LogP contribution < -0.4 is 0 Å². The van der Waals surface area contributed by atoms with Gasteiger partial charge in [0.25, 0.3) is 0 Å². The first kappa shape index (κ1) is 41.8. The monoisotopic (exact) mass is 770 g/mol. The topological polar surface area (TPSA) is 152 Å². The van der Waals surface area contributed by atoms with Crippen LogP contribution in [-0.4, -0.2) is 78.0 Å². The standard InChI is InChI=1S/C44H66O11/c1-24(45)51-23-32-37(52-25(2)46)39(54-27(4)48)38(53-26(3)47)36(55-32)31(49)22-44-18-13-29-28(30(44)21-40(5,6)19-20-44)11-12-34-42(29,9)16-14-33-41(7,8)35(50)15-17-43(33,34)10/h11,29-34,36-39,49H,12-23H2,1-10H3/t29?,30?,31-,32?,33?,34?,36+,37+,38?,39?,42+,43+,44+/m1/s1. The second-order valence-corrected chi connectivity index (χ2v) is 20.1. The van der Waals surface area contributed by atoms with Gasteiger partial charge >= 0.3 is 23.9 Å². The van der Waals surface area contributed by atoms with Crippen molar-refractivity contribution in [2.75, 3.05) is 6.61 Å². The number of carbonyl (C=O) groups is 5. The molecule has 13 atom stereocenters. The van der Waals surface area contributed by atoms with Crippen molar-refractivity contribution in [2.24, 2.45) is 50.7 Å². The molecule has 6 aliphatic rings. The van der Waals surface area contributed by atoms with Gasteiger partial charge in [0.05, 0.1) is 6.10 Å². The van der Waals surface area contributed by atoms with E-state index in [0.717, 1.165) is 57.8 Å². The molecule has 1 N–H and O–H groups in total. The molecular weight excluding hydrogens is 704 g/mol. The van der Waals surface area contributed by atoms with E-state index in [0.29, 0.717) is 36.4 Å². The van der Waals surface area contributed by atoms with Gasteiger partial charge in [-0.25, -0.2) is 0 Å². The molecule has 0 aromatic carbocycles. The van der Waals surface area contributed by atoms with Crippen molar-refractivity contribution in [1.82, 2.24) is 0 Å². The van der Waals surface area contributed by atoms with Crippen LogP contribution >= 0.6 is 0 Å². The molecule has 1 saturated heterocycles. The minimum Gasteiger partial charge on any atom is -0.463 e. The van der Waals surface area contributed by atoms with Crippen LogP contribution in [0.1, 0.15) is 140 Å². The van der Waals surface area contributed by atoms with Gasteiger partial charge < -0.3 is 28.8 Å². The van der Waals surface area contributed by atoms with E-state index in [1.807, 2.05) is 0 Å². The number of rotatable bonds is 8. The van der Waals surface area contributed by atoms with Crippen molar-refractivity contribution in [3.05, 3.63) is 11.6 Å². The average molecular weight is 771 g/mol. The van der Waals surface area contributed by atoms with Crippen LogP contribution in [0.2, 0.25) is 0 Å². The number of ketones is 1. The van der Waals surface area contributed by atoms with Gasteiger partial charge in [0.2, 0.25) is 0 Å². The fourth-order valence-electron chi connectivity index (χ4n) is 13.3. The molecule has 0 radical (unpaired) electrons. The highest BCUT2D eigenvalue weighted by atomic mass is 16.7. The molecule has 0 bridgehead atoms. The van der Waals surface area contributed by atoms with Crippen LogP contribution in [0, 0.1) is 50.7 Å². The zero-order valence-electron chi connectivity index (χ0n) is 34.9. The van der Waals surface area contributed by atoms with Gasteiger partial charge in [-0.1, -0.05) is 53.2 Å². The van der Waals surface area contributed by atoms with Gasteiger partial charge in [-0.2, -0.15) is 0 Å². The third-order valence-electron chi connectivity index (χ3n) is 15.8. The number of hydrogen-bond acceptors (Lipinski definition) is 11. The first-order chi connectivity index (χ1) is 25.5. The molecule has 0 aromatic heterocycles. The zero-order valence-corrected chi connectivity index (χ0v) is 34.9. The number of aliphatic hydroxyl groups excluding tert-OH is 1. The van der Waals surface area contributed by atoms with Crippen LogP contribution in [-0.2, 0) is 47.7 Å². The third kappa shape index (κ3) is 7.54. The minimum absolute atomic E-state index is 0.0954. The summed E-state index contributed by atoms with van der Waals surface area (Å²) < 4.78 is 28.8. The smallest absolute Gasteiger partial charge is 0.303 e. The minimum atomic E-state index is -1.32. The van der Waals surface area contributed by atoms with E-state index >= 15 is 0 Å². The molecule has 308 valence electrons. The molecule has 55 heavy (non-hydrogen) atoms. The number of Topliss-reactive ketones (excluding diaryl/α,β-unsaturated/α-hetero) is 1. The molecule has 11 heteroatoms. The van der Waals surface area contributed by atoms with Gasteiger partial charge in [0.1, 0.15) is 24.6 Å². The summed E-state index contributed by atoms with van der Waals surface area (Å²) in [4.78, 5) is 62.5. The van der Waals surface area contributed by atoms with Gasteiger partial charge in [0.15, 0.2) is 18.3 Å². The summed E-state index contributed by atoms with van der Waals surface area (Å²) >= 11 is 0. The lowest BCUT2D eigenvalue weighted by atomic mass is 9.37. The molecule has 7 unspecified atom stereocenters. The summed E-state index contributed by atoms with van der Waals surface area (Å²) in [6, 6.07) is 0. The first-order valence-corrected chi connectivity index (χ1v) is 20.8.